The molecular formula is C12H15F3N2O3. The number of alkyl halides is 3. The van der Waals surface area contributed by atoms with Crippen LogP contribution in [0, 0.1) is 0 Å². The Hall–Kier alpha value is -1.57. The van der Waals surface area contributed by atoms with Crippen molar-refractivity contribution in [2.24, 2.45) is 0 Å². The molecule has 2 atom stereocenters. The number of ether oxygens (including phenoxy) is 1. The summed E-state index contributed by atoms with van der Waals surface area (Å²) in [5.41, 5.74) is -1.76. The van der Waals surface area contributed by atoms with Crippen molar-refractivity contribution in [1.82, 2.24) is 9.78 Å². The van der Waals surface area contributed by atoms with Gasteiger partial charge in [0.25, 0.3) is 0 Å². The summed E-state index contributed by atoms with van der Waals surface area (Å²) >= 11 is 0. The average Bonchev–Trinajstić information content (AvgIpc) is 2.93. The number of carbonyl (C=O) groups is 1. The highest BCUT2D eigenvalue weighted by molar-refractivity contribution is 5.90. The largest absolute Gasteiger partial charge is 0.462 e. The second-order valence-electron chi connectivity index (χ2n) is 4.64. The highest BCUT2D eigenvalue weighted by atomic mass is 19.4. The summed E-state index contributed by atoms with van der Waals surface area (Å²) in [6.45, 7) is 1.49. The lowest BCUT2D eigenvalue weighted by Gasteiger charge is -2.19. The molecule has 1 aliphatic carbocycles. The molecule has 1 aromatic rings. The first-order valence-electron chi connectivity index (χ1n) is 6.36. The Bertz CT molecular complexity index is 499. The molecule has 0 aromatic carbocycles. The van der Waals surface area contributed by atoms with E-state index < -0.39 is 35.5 Å². The summed E-state index contributed by atoms with van der Waals surface area (Å²) in [5, 5.41) is 13.4. The molecule has 1 saturated carbocycles. The van der Waals surface area contributed by atoms with Gasteiger partial charge in [0.05, 0.1) is 24.9 Å². The topological polar surface area (TPSA) is 64.3 Å². The lowest BCUT2D eigenvalue weighted by atomic mass is 10.2. The third-order valence-electron chi connectivity index (χ3n) is 3.32. The quantitative estimate of drug-likeness (QED) is 0.867. The zero-order chi connectivity index (χ0) is 14.9. The van der Waals surface area contributed by atoms with Gasteiger partial charge in [0.2, 0.25) is 0 Å². The summed E-state index contributed by atoms with van der Waals surface area (Å²) in [6.07, 6.45) is -3.32. The van der Waals surface area contributed by atoms with Gasteiger partial charge in [0, 0.05) is 0 Å². The summed E-state index contributed by atoms with van der Waals surface area (Å²) in [5.74, 6) is -1.06. The van der Waals surface area contributed by atoms with Crippen LogP contribution in [-0.4, -0.2) is 33.6 Å². The van der Waals surface area contributed by atoms with Crippen molar-refractivity contribution in [3.8, 4) is 0 Å². The maximum atomic E-state index is 13.2. The van der Waals surface area contributed by atoms with Crippen molar-refractivity contribution in [3.05, 3.63) is 17.5 Å². The fourth-order valence-electron chi connectivity index (χ4n) is 2.46. The van der Waals surface area contributed by atoms with Gasteiger partial charge in [-0.3, -0.25) is 4.68 Å². The number of esters is 1. The predicted octanol–water partition coefficient (Wildman–Crippen LogP) is 2.16. The third kappa shape index (κ3) is 2.65. The first-order chi connectivity index (χ1) is 9.36. The molecular weight excluding hydrogens is 277 g/mol. The van der Waals surface area contributed by atoms with Crippen LogP contribution in [0.2, 0.25) is 0 Å². The number of carbonyl (C=O) groups excluding carboxylic acids is 1. The Morgan fingerprint density at radius 1 is 1.55 bits per heavy atom. The van der Waals surface area contributed by atoms with E-state index in [0.29, 0.717) is 23.9 Å². The summed E-state index contributed by atoms with van der Waals surface area (Å²) in [4.78, 5) is 11.6. The van der Waals surface area contributed by atoms with Gasteiger partial charge in [-0.2, -0.15) is 18.3 Å². The molecule has 0 saturated heterocycles. The Balaban J connectivity index is 2.45. The first kappa shape index (κ1) is 14.8. The van der Waals surface area contributed by atoms with Crippen LogP contribution in [0.1, 0.15) is 48.3 Å². The Labute approximate surface area is 113 Å². The Morgan fingerprint density at radius 3 is 2.75 bits per heavy atom. The van der Waals surface area contributed by atoms with Crippen LogP contribution in [0.25, 0.3) is 0 Å². The molecule has 112 valence electrons. The molecule has 8 heteroatoms. The molecule has 2 rings (SSSR count). The van der Waals surface area contributed by atoms with Gasteiger partial charge in [-0.1, -0.05) is 0 Å². The minimum Gasteiger partial charge on any atom is -0.462 e. The van der Waals surface area contributed by atoms with Crippen LogP contribution in [0.15, 0.2) is 6.20 Å². The monoisotopic (exact) mass is 292 g/mol. The van der Waals surface area contributed by atoms with Crippen LogP contribution in [0.5, 0.6) is 0 Å². The smallest absolute Gasteiger partial charge is 0.433 e. The second kappa shape index (κ2) is 5.43. The Kier molecular flexibility index (Phi) is 4.03. The van der Waals surface area contributed by atoms with Crippen LogP contribution < -0.4 is 0 Å². The standard InChI is InChI=1S/C12H15F3N2O3/c1-2-20-11(19)7-6-16-17(10(7)12(13,14)15)8-4-3-5-9(8)18/h6,8-9,18H,2-5H2,1H3. The van der Waals surface area contributed by atoms with Crippen molar-refractivity contribution >= 4 is 5.97 Å². The number of aliphatic hydroxyl groups is 1. The van der Waals surface area contributed by atoms with Gasteiger partial charge in [-0.15, -0.1) is 0 Å². The minimum atomic E-state index is -4.74. The normalized spacial score (nSPS) is 23.1. The summed E-state index contributed by atoms with van der Waals surface area (Å²) < 4.78 is 44.8. The van der Waals surface area contributed by atoms with E-state index in [1.54, 1.807) is 0 Å². The second-order valence-corrected chi connectivity index (χ2v) is 4.64. The van der Waals surface area contributed by atoms with E-state index in [2.05, 4.69) is 9.84 Å². The number of nitrogens with zero attached hydrogens (tertiary/aromatic N) is 2. The number of hydrogen-bond acceptors (Lipinski definition) is 4. The first-order valence-corrected chi connectivity index (χ1v) is 6.36. The number of aliphatic hydroxyl groups excluding tert-OH is 1. The number of halogens is 3. The lowest BCUT2D eigenvalue weighted by Crippen LogP contribution is -2.26. The van der Waals surface area contributed by atoms with E-state index in [-0.39, 0.29) is 6.61 Å². The molecule has 1 fully saturated rings. The SMILES string of the molecule is CCOC(=O)c1cnn(C2CCCC2O)c1C(F)(F)F. The molecule has 5 nitrogen and oxygen atoms in total. The molecule has 0 bridgehead atoms. The third-order valence-corrected chi connectivity index (χ3v) is 3.32. The molecule has 0 radical (unpaired) electrons. The fourth-order valence-corrected chi connectivity index (χ4v) is 2.46. The molecule has 0 aliphatic heterocycles. The van der Waals surface area contributed by atoms with E-state index in [1.807, 2.05) is 0 Å². The van der Waals surface area contributed by atoms with Crippen molar-refractivity contribution in [3.63, 3.8) is 0 Å². The number of hydrogen-bond donors (Lipinski definition) is 1. The van der Waals surface area contributed by atoms with Crippen molar-refractivity contribution in [1.29, 1.82) is 0 Å². The number of rotatable bonds is 3. The molecule has 2 unspecified atom stereocenters. The van der Waals surface area contributed by atoms with E-state index >= 15 is 0 Å². The lowest BCUT2D eigenvalue weighted by molar-refractivity contribution is -0.146. The van der Waals surface area contributed by atoms with E-state index in [4.69, 9.17) is 0 Å². The molecule has 1 heterocycles. The zero-order valence-electron chi connectivity index (χ0n) is 10.9. The predicted molar refractivity (Wildman–Crippen MR) is 62.1 cm³/mol. The van der Waals surface area contributed by atoms with Crippen LogP contribution in [-0.2, 0) is 10.9 Å². The fraction of sp³-hybridized carbons (Fsp3) is 0.667. The maximum absolute atomic E-state index is 13.2. The van der Waals surface area contributed by atoms with Crippen LogP contribution >= 0.6 is 0 Å². The molecule has 0 amide bonds. The van der Waals surface area contributed by atoms with E-state index in [1.165, 1.54) is 6.92 Å². The summed E-state index contributed by atoms with van der Waals surface area (Å²) in [7, 11) is 0. The highest BCUT2D eigenvalue weighted by Gasteiger charge is 2.43. The van der Waals surface area contributed by atoms with E-state index in [0.717, 1.165) is 6.20 Å². The van der Waals surface area contributed by atoms with Crippen molar-refractivity contribution in [2.45, 2.75) is 44.5 Å². The van der Waals surface area contributed by atoms with Crippen molar-refractivity contribution in [2.75, 3.05) is 6.61 Å². The molecule has 20 heavy (non-hydrogen) atoms. The minimum absolute atomic E-state index is 0.0205. The van der Waals surface area contributed by atoms with Gasteiger partial charge < -0.3 is 9.84 Å². The zero-order valence-corrected chi connectivity index (χ0v) is 10.9. The maximum Gasteiger partial charge on any atom is 0.433 e. The van der Waals surface area contributed by atoms with Gasteiger partial charge in [0.1, 0.15) is 5.56 Å². The summed E-state index contributed by atoms with van der Waals surface area (Å²) in [6, 6.07) is -0.755. The molecule has 1 aliphatic rings. The van der Waals surface area contributed by atoms with Gasteiger partial charge in [0.15, 0.2) is 5.69 Å². The van der Waals surface area contributed by atoms with Gasteiger partial charge >= 0.3 is 12.1 Å². The van der Waals surface area contributed by atoms with Crippen LogP contribution in [0.3, 0.4) is 0 Å². The molecule has 0 spiro atoms. The van der Waals surface area contributed by atoms with Crippen molar-refractivity contribution < 1.29 is 27.8 Å². The van der Waals surface area contributed by atoms with Gasteiger partial charge in [-0.25, -0.2) is 4.79 Å². The van der Waals surface area contributed by atoms with Gasteiger partial charge in [-0.05, 0) is 26.2 Å². The Morgan fingerprint density at radius 2 is 2.25 bits per heavy atom. The number of aromatic nitrogens is 2. The van der Waals surface area contributed by atoms with Crippen LogP contribution in [0.4, 0.5) is 13.2 Å². The highest BCUT2D eigenvalue weighted by Crippen LogP contribution is 2.38. The molecule has 1 aromatic heterocycles. The van der Waals surface area contributed by atoms with E-state index in [9.17, 15) is 23.1 Å². The average molecular weight is 292 g/mol. The molecule has 1 N–H and O–H groups in total.